The molecule has 1 aromatic heterocycles. The molecule has 3 rings (SSSR count). The standard InChI is InChI=1S/C12H14N2S2/c1-15-7-6-9-8-16-12-13-10-4-2-3-5-11(10)14(9)12/h2-5,9H,6-8H2,1H3/t9-/m0/s1. The van der Waals surface area contributed by atoms with Gasteiger partial charge in [0.15, 0.2) is 5.16 Å². The predicted octanol–water partition coefficient (Wildman–Crippen LogP) is 3.44. The van der Waals surface area contributed by atoms with E-state index >= 15 is 0 Å². The van der Waals surface area contributed by atoms with Crippen LogP contribution in [0, 0.1) is 0 Å². The minimum absolute atomic E-state index is 0.639. The maximum atomic E-state index is 4.67. The molecule has 2 heterocycles. The Labute approximate surface area is 104 Å². The Morgan fingerprint density at radius 2 is 2.38 bits per heavy atom. The van der Waals surface area contributed by atoms with Gasteiger partial charge in [0.2, 0.25) is 0 Å². The molecule has 4 heteroatoms. The van der Waals surface area contributed by atoms with E-state index in [1.54, 1.807) is 0 Å². The predicted molar refractivity (Wildman–Crippen MR) is 72.5 cm³/mol. The van der Waals surface area contributed by atoms with Crippen LogP contribution in [0.5, 0.6) is 0 Å². The summed E-state index contributed by atoms with van der Waals surface area (Å²) in [7, 11) is 0. The molecule has 2 aromatic rings. The summed E-state index contributed by atoms with van der Waals surface area (Å²) < 4.78 is 2.43. The van der Waals surface area contributed by atoms with Gasteiger partial charge in [-0.3, -0.25) is 0 Å². The van der Waals surface area contributed by atoms with Gasteiger partial charge in [-0.15, -0.1) is 0 Å². The Hall–Kier alpha value is -0.610. The quantitative estimate of drug-likeness (QED) is 0.831. The van der Waals surface area contributed by atoms with Crippen molar-refractivity contribution in [3.05, 3.63) is 24.3 Å². The minimum atomic E-state index is 0.639. The van der Waals surface area contributed by atoms with Gasteiger partial charge in [-0.05, 0) is 30.6 Å². The second kappa shape index (κ2) is 4.34. The third kappa shape index (κ3) is 1.64. The van der Waals surface area contributed by atoms with E-state index in [0.29, 0.717) is 6.04 Å². The Morgan fingerprint density at radius 3 is 3.25 bits per heavy atom. The number of rotatable bonds is 3. The zero-order chi connectivity index (χ0) is 11.0. The average molecular weight is 250 g/mol. The lowest BCUT2D eigenvalue weighted by Gasteiger charge is -2.12. The van der Waals surface area contributed by atoms with Crippen LogP contribution in [-0.4, -0.2) is 27.3 Å². The molecule has 0 spiro atoms. The summed E-state index contributed by atoms with van der Waals surface area (Å²) in [5.41, 5.74) is 2.44. The van der Waals surface area contributed by atoms with Crippen molar-refractivity contribution >= 4 is 34.6 Å². The summed E-state index contributed by atoms with van der Waals surface area (Å²) in [6.07, 6.45) is 3.43. The monoisotopic (exact) mass is 250 g/mol. The fraction of sp³-hybridized carbons (Fsp3) is 0.417. The fourth-order valence-corrected chi connectivity index (χ4v) is 3.90. The van der Waals surface area contributed by atoms with Gasteiger partial charge in [0.1, 0.15) is 0 Å². The van der Waals surface area contributed by atoms with Crippen LogP contribution in [0.25, 0.3) is 11.0 Å². The highest BCUT2D eigenvalue weighted by molar-refractivity contribution is 7.99. The van der Waals surface area contributed by atoms with Crippen molar-refractivity contribution in [3.8, 4) is 0 Å². The van der Waals surface area contributed by atoms with Crippen LogP contribution in [0.15, 0.2) is 29.4 Å². The van der Waals surface area contributed by atoms with Crippen LogP contribution in [-0.2, 0) is 0 Å². The van der Waals surface area contributed by atoms with E-state index in [4.69, 9.17) is 0 Å². The van der Waals surface area contributed by atoms with Crippen LogP contribution < -0.4 is 0 Å². The number of aromatic nitrogens is 2. The lowest BCUT2D eigenvalue weighted by molar-refractivity contribution is 0.539. The molecule has 1 atom stereocenters. The maximum absolute atomic E-state index is 4.67. The maximum Gasteiger partial charge on any atom is 0.169 e. The summed E-state index contributed by atoms with van der Waals surface area (Å²) in [5.74, 6) is 2.42. The third-order valence-electron chi connectivity index (χ3n) is 2.99. The largest absolute Gasteiger partial charge is 0.315 e. The summed E-state index contributed by atoms with van der Waals surface area (Å²) >= 11 is 3.82. The number of hydrogen-bond donors (Lipinski definition) is 0. The molecule has 0 saturated heterocycles. The van der Waals surface area contributed by atoms with Crippen molar-refractivity contribution in [1.82, 2.24) is 9.55 Å². The number of thioether (sulfide) groups is 2. The number of imidazole rings is 1. The molecule has 84 valence electrons. The van der Waals surface area contributed by atoms with Gasteiger partial charge in [0.25, 0.3) is 0 Å². The first-order valence-electron chi connectivity index (χ1n) is 5.49. The number of nitrogens with zero attached hydrogens (tertiary/aromatic N) is 2. The Morgan fingerprint density at radius 1 is 1.50 bits per heavy atom. The normalized spacial score (nSPS) is 19.2. The molecular formula is C12H14N2S2. The summed E-state index contributed by atoms with van der Waals surface area (Å²) in [4.78, 5) is 4.67. The molecule has 0 unspecified atom stereocenters. The minimum Gasteiger partial charge on any atom is -0.315 e. The molecular weight excluding hydrogens is 236 g/mol. The molecule has 1 aliphatic heterocycles. The average Bonchev–Trinajstić information content (AvgIpc) is 2.85. The molecule has 1 aromatic carbocycles. The van der Waals surface area contributed by atoms with Crippen molar-refractivity contribution in [3.63, 3.8) is 0 Å². The van der Waals surface area contributed by atoms with E-state index in [1.165, 1.54) is 28.6 Å². The molecule has 2 nitrogen and oxygen atoms in total. The number of benzene rings is 1. The van der Waals surface area contributed by atoms with Gasteiger partial charge >= 0.3 is 0 Å². The lowest BCUT2D eigenvalue weighted by Crippen LogP contribution is -2.07. The zero-order valence-corrected chi connectivity index (χ0v) is 10.9. The molecule has 0 radical (unpaired) electrons. The van der Waals surface area contributed by atoms with Crippen molar-refractivity contribution in [2.45, 2.75) is 17.6 Å². The van der Waals surface area contributed by atoms with E-state index in [1.807, 2.05) is 23.5 Å². The van der Waals surface area contributed by atoms with E-state index in [-0.39, 0.29) is 0 Å². The molecule has 16 heavy (non-hydrogen) atoms. The molecule has 0 bridgehead atoms. The first-order chi connectivity index (χ1) is 7.90. The van der Waals surface area contributed by atoms with E-state index < -0.39 is 0 Å². The molecule has 0 N–H and O–H groups in total. The number of fused-ring (bicyclic) bond motifs is 3. The third-order valence-corrected chi connectivity index (χ3v) is 4.73. The summed E-state index contributed by atoms with van der Waals surface area (Å²) in [6.45, 7) is 0. The highest BCUT2D eigenvalue weighted by Gasteiger charge is 2.25. The second-order valence-corrected chi connectivity index (χ2v) is 5.97. The van der Waals surface area contributed by atoms with E-state index in [0.717, 1.165) is 5.52 Å². The first-order valence-corrected chi connectivity index (χ1v) is 7.87. The molecule has 0 amide bonds. The van der Waals surface area contributed by atoms with E-state index in [9.17, 15) is 0 Å². The van der Waals surface area contributed by atoms with Crippen LogP contribution >= 0.6 is 23.5 Å². The van der Waals surface area contributed by atoms with Crippen LogP contribution in [0.2, 0.25) is 0 Å². The van der Waals surface area contributed by atoms with Gasteiger partial charge in [-0.1, -0.05) is 23.9 Å². The van der Waals surface area contributed by atoms with Gasteiger partial charge in [-0.25, -0.2) is 4.98 Å². The molecule has 0 saturated carbocycles. The second-order valence-electron chi connectivity index (χ2n) is 4.00. The lowest BCUT2D eigenvalue weighted by atomic mass is 10.2. The van der Waals surface area contributed by atoms with Crippen LogP contribution in [0.3, 0.4) is 0 Å². The Kier molecular flexibility index (Phi) is 2.86. The molecule has 0 fully saturated rings. The smallest absolute Gasteiger partial charge is 0.169 e. The summed E-state index contributed by atoms with van der Waals surface area (Å²) in [5, 5.41) is 1.20. The molecule has 1 aliphatic rings. The SMILES string of the molecule is CSCC[C@H]1CSc2nc3ccccc3n21. The number of hydrogen-bond acceptors (Lipinski definition) is 3. The highest BCUT2D eigenvalue weighted by Crippen LogP contribution is 2.38. The van der Waals surface area contributed by atoms with Gasteiger partial charge in [0, 0.05) is 11.8 Å². The number of para-hydroxylation sites is 2. The van der Waals surface area contributed by atoms with Crippen molar-refractivity contribution in [1.29, 1.82) is 0 Å². The molecule has 0 aliphatic carbocycles. The van der Waals surface area contributed by atoms with Gasteiger partial charge < -0.3 is 4.57 Å². The zero-order valence-electron chi connectivity index (χ0n) is 9.22. The van der Waals surface area contributed by atoms with Gasteiger partial charge in [-0.2, -0.15) is 11.8 Å². The van der Waals surface area contributed by atoms with Crippen molar-refractivity contribution in [2.75, 3.05) is 17.8 Å². The topological polar surface area (TPSA) is 17.8 Å². The Balaban J connectivity index is 2.02. The summed E-state index contributed by atoms with van der Waals surface area (Å²) in [6, 6.07) is 9.09. The Bertz CT molecular complexity index is 507. The van der Waals surface area contributed by atoms with Crippen LogP contribution in [0.4, 0.5) is 0 Å². The van der Waals surface area contributed by atoms with Crippen molar-refractivity contribution < 1.29 is 0 Å². The van der Waals surface area contributed by atoms with E-state index in [2.05, 4.69) is 40.1 Å². The van der Waals surface area contributed by atoms with Crippen molar-refractivity contribution in [2.24, 2.45) is 0 Å². The van der Waals surface area contributed by atoms with Crippen LogP contribution in [0.1, 0.15) is 12.5 Å². The first kappa shape index (κ1) is 10.5. The fourth-order valence-electron chi connectivity index (χ4n) is 2.19. The van der Waals surface area contributed by atoms with Gasteiger partial charge in [0.05, 0.1) is 11.0 Å². The highest BCUT2D eigenvalue weighted by atomic mass is 32.2.